The van der Waals surface area contributed by atoms with Gasteiger partial charge in [-0.25, -0.2) is 9.59 Å². The number of aliphatic carboxylic acids is 1. The quantitative estimate of drug-likeness (QED) is 0.768. The van der Waals surface area contributed by atoms with Crippen molar-refractivity contribution >= 4 is 12.1 Å². The summed E-state index contributed by atoms with van der Waals surface area (Å²) in [7, 11) is 0. The second-order valence-corrected chi connectivity index (χ2v) is 4.14. The van der Waals surface area contributed by atoms with Crippen molar-refractivity contribution in [2.45, 2.75) is 32.7 Å². The van der Waals surface area contributed by atoms with Crippen molar-refractivity contribution in [3.63, 3.8) is 0 Å². The number of amides is 1. The molecule has 1 unspecified atom stereocenters. The van der Waals surface area contributed by atoms with Crippen molar-refractivity contribution in [1.29, 1.82) is 0 Å². The average Bonchev–Trinajstić information content (AvgIpc) is 2.15. The highest BCUT2D eigenvalue weighted by Crippen LogP contribution is 2.16. The Kier molecular flexibility index (Phi) is 3.94. The molecule has 5 heteroatoms. The minimum absolute atomic E-state index is 0.237. The number of rotatable bonds is 4. The smallest absolute Gasteiger partial charge is 0.410 e. The predicted molar refractivity (Wildman–Crippen MR) is 53.5 cm³/mol. The van der Waals surface area contributed by atoms with Gasteiger partial charge in [0.15, 0.2) is 0 Å². The summed E-state index contributed by atoms with van der Waals surface area (Å²) in [6, 6.07) is -0.752. The second-order valence-electron chi connectivity index (χ2n) is 4.14. The van der Waals surface area contributed by atoms with Gasteiger partial charge >= 0.3 is 12.1 Å². The van der Waals surface area contributed by atoms with Gasteiger partial charge in [0.05, 0.1) is 6.61 Å². The lowest BCUT2D eigenvalue weighted by Gasteiger charge is -2.32. The fourth-order valence-electron chi connectivity index (χ4n) is 1.66. The summed E-state index contributed by atoms with van der Waals surface area (Å²) in [5.74, 6) is -0.719. The molecule has 0 aromatic carbocycles. The molecule has 5 nitrogen and oxygen atoms in total. The molecule has 1 aliphatic heterocycles. The van der Waals surface area contributed by atoms with Gasteiger partial charge in [0.1, 0.15) is 6.04 Å². The van der Waals surface area contributed by atoms with E-state index in [1.54, 1.807) is 0 Å². The van der Waals surface area contributed by atoms with Gasteiger partial charge in [0.2, 0.25) is 0 Å². The van der Waals surface area contributed by atoms with Crippen molar-refractivity contribution in [2.24, 2.45) is 5.92 Å². The molecule has 0 aromatic heterocycles. The molecule has 1 fully saturated rings. The fraction of sp³-hybridized carbons (Fsp3) is 0.800. The summed E-state index contributed by atoms with van der Waals surface area (Å²) >= 11 is 0. The van der Waals surface area contributed by atoms with Crippen molar-refractivity contribution in [3.05, 3.63) is 0 Å². The summed E-state index contributed by atoms with van der Waals surface area (Å²) in [4.78, 5) is 23.7. The van der Waals surface area contributed by atoms with Gasteiger partial charge in [-0.3, -0.25) is 4.90 Å². The van der Waals surface area contributed by atoms with E-state index in [4.69, 9.17) is 9.84 Å². The Morgan fingerprint density at radius 1 is 1.60 bits per heavy atom. The number of carboxylic acid groups (broad SMARTS) is 1. The molecule has 15 heavy (non-hydrogen) atoms. The van der Waals surface area contributed by atoms with Crippen molar-refractivity contribution in [3.8, 4) is 0 Å². The molecule has 0 aromatic rings. The van der Waals surface area contributed by atoms with E-state index in [2.05, 4.69) is 0 Å². The van der Waals surface area contributed by atoms with Crippen LogP contribution in [-0.2, 0) is 9.53 Å². The van der Waals surface area contributed by atoms with E-state index >= 15 is 0 Å². The molecule has 1 atom stereocenters. The van der Waals surface area contributed by atoms with Gasteiger partial charge < -0.3 is 9.84 Å². The standard InChI is InChI=1S/C10H17NO4/c1-7(2)6-8(9(12)13)11-4-3-5-15-10(11)14/h7-8H,3-6H2,1-2H3,(H,12,13). The molecule has 86 valence electrons. The van der Waals surface area contributed by atoms with Crippen LogP contribution < -0.4 is 0 Å². The third kappa shape index (κ3) is 3.11. The van der Waals surface area contributed by atoms with Crippen LogP contribution in [0.25, 0.3) is 0 Å². The number of hydrogen-bond acceptors (Lipinski definition) is 3. The van der Waals surface area contributed by atoms with E-state index in [1.807, 2.05) is 13.8 Å². The summed E-state index contributed by atoms with van der Waals surface area (Å²) in [6.45, 7) is 4.74. The molecule has 1 aliphatic rings. The number of nitrogens with zero attached hydrogens (tertiary/aromatic N) is 1. The Labute approximate surface area is 89.0 Å². The Bertz CT molecular complexity index is 252. The van der Waals surface area contributed by atoms with Crippen molar-refractivity contribution in [1.82, 2.24) is 4.90 Å². The van der Waals surface area contributed by atoms with Crippen LogP contribution in [0, 0.1) is 5.92 Å². The number of carboxylic acids is 1. The highest BCUT2D eigenvalue weighted by Gasteiger charge is 2.32. The average molecular weight is 215 g/mol. The summed E-state index contributed by atoms with van der Waals surface area (Å²) < 4.78 is 4.83. The Morgan fingerprint density at radius 2 is 2.27 bits per heavy atom. The van der Waals surface area contributed by atoms with Crippen molar-refractivity contribution in [2.75, 3.05) is 13.2 Å². The van der Waals surface area contributed by atoms with Crippen LogP contribution in [0.4, 0.5) is 4.79 Å². The summed E-state index contributed by atoms with van der Waals surface area (Å²) in [6.07, 6.45) is 0.659. The largest absolute Gasteiger partial charge is 0.480 e. The van der Waals surface area contributed by atoms with Crippen LogP contribution in [0.15, 0.2) is 0 Å². The molecule has 1 rings (SSSR count). The van der Waals surface area contributed by atoms with Crippen LogP contribution in [0.3, 0.4) is 0 Å². The molecule has 0 spiro atoms. The maximum Gasteiger partial charge on any atom is 0.410 e. The molecule has 0 saturated carbocycles. The molecule has 1 N–H and O–H groups in total. The predicted octanol–water partition coefficient (Wildman–Crippen LogP) is 1.33. The zero-order chi connectivity index (χ0) is 11.4. The van der Waals surface area contributed by atoms with Crippen LogP contribution in [0.2, 0.25) is 0 Å². The number of carbonyl (C=O) groups excluding carboxylic acids is 1. The maximum atomic E-state index is 11.4. The van der Waals surface area contributed by atoms with E-state index in [0.29, 0.717) is 26.0 Å². The molecule has 0 radical (unpaired) electrons. The highest BCUT2D eigenvalue weighted by molar-refractivity contribution is 5.80. The first-order chi connectivity index (χ1) is 7.02. The monoisotopic (exact) mass is 215 g/mol. The number of carbonyl (C=O) groups is 2. The fourth-order valence-corrected chi connectivity index (χ4v) is 1.66. The van der Waals surface area contributed by atoms with Gasteiger partial charge in [-0.15, -0.1) is 0 Å². The van der Waals surface area contributed by atoms with Crippen LogP contribution in [-0.4, -0.2) is 41.3 Å². The first-order valence-electron chi connectivity index (χ1n) is 5.18. The first-order valence-corrected chi connectivity index (χ1v) is 5.18. The lowest BCUT2D eigenvalue weighted by molar-refractivity contribution is -0.144. The lowest BCUT2D eigenvalue weighted by atomic mass is 10.0. The summed E-state index contributed by atoms with van der Waals surface area (Å²) in [5.41, 5.74) is 0. The van der Waals surface area contributed by atoms with Crippen LogP contribution in [0.5, 0.6) is 0 Å². The van der Waals surface area contributed by atoms with E-state index in [0.717, 1.165) is 0 Å². The topological polar surface area (TPSA) is 66.8 Å². The van der Waals surface area contributed by atoms with E-state index in [-0.39, 0.29) is 5.92 Å². The molecule has 1 amide bonds. The van der Waals surface area contributed by atoms with Crippen molar-refractivity contribution < 1.29 is 19.4 Å². The summed E-state index contributed by atoms with van der Waals surface area (Å²) in [5, 5.41) is 9.04. The van der Waals surface area contributed by atoms with Crippen LogP contribution in [0.1, 0.15) is 26.7 Å². The lowest BCUT2D eigenvalue weighted by Crippen LogP contribution is -2.49. The van der Waals surface area contributed by atoms with E-state index < -0.39 is 18.1 Å². The van der Waals surface area contributed by atoms with Gasteiger partial charge in [-0.2, -0.15) is 0 Å². The minimum Gasteiger partial charge on any atom is -0.480 e. The third-order valence-electron chi connectivity index (χ3n) is 2.36. The van der Waals surface area contributed by atoms with Gasteiger partial charge in [0.25, 0.3) is 0 Å². The SMILES string of the molecule is CC(C)CC(C(=O)O)N1CCCOC1=O. The zero-order valence-corrected chi connectivity index (χ0v) is 9.10. The number of ether oxygens (including phenoxy) is 1. The molecular formula is C10H17NO4. The Balaban J connectivity index is 2.69. The Hall–Kier alpha value is -1.26. The van der Waals surface area contributed by atoms with E-state index in [1.165, 1.54) is 4.90 Å². The molecule has 0 bridgehead atoms. The number of hydrogen-bond donors (Lipinski definition) is 1. The molecule has 1 saturated heterocycles. The van der Waals surface area contributed by atoms with Crippen LogP contribution >= 0.6 is 0 Å². The van der Waals surface area contributed by atoms with Gasteiger partial charge in [-0.05, 0) is 18.8 Å². The maximum absolute atomic E-state index is 11.4. The van der Waals surface area contributed by atoms with E-state index in [9.17, 15) is 9.59 Å². The molecular weight excluding hydrogens is 198 g/mol. The number of cyclic esters (lactones) is 1. The van der Waals surface area contributed by atoms with Gasteiger partial charge in [-0.1, -0.05) is 13.8 Å². The minimum atomic E-state index is -0.956. The Morgan fingerprint density at radius 3 is 2.73 bits per heavy atom. The molecule has 0 aliphatic carbocycles. The first kappa shape index (κ1) is 11.8. The second kappa shape index (κ2) is 5.00. The third-order valence-corrected chi connectivity index (χ3v) is 2.36. The normalized spacial score (nSPS) is 18.9. The zero-order valence-electron chi connectivity index (χ0n) is 9.10. The highest BCUT2D eigenvalue weighted by atomic mass is 16.6. The molecule has 1 heterocycles. The van der Waals surface area contributed by atoms with Gasteiger partial charge in [0, 0.05) is 6.54 Å².